The lowest BCUT2D eigenvalue weighted by molar-refractivity contribution is -0.113. The maximum Gasteiger partial charge on any atom is 0.411 e. The Hall–Kier alpha value is -5.18. The quantitative estimate of drug-likeness (QED) is 0.204. The number of carbonyl (C=O) groups is 2. The van der Waals surface area contributed by atoms with Crippen molar-refractivity contribution in [2.75, 3.05) is 5.32 Å². The number of hydrogen-bond donors (Lipinski definition) is 3. The van der Waals surface area contributed by atoms with Crippen LogP contribution in [0.5, 0.6) is 0 Å². The summed E-state index contributed by atoms with van der Waals surface area (Å²) in [4.78, 5) is 30.3. The van der Waals surface area contributed by atoms with Crippen molar-refractivity contribution in [3.63, 3.8) is 0 Å². The lowest BCUT2D eigenvalue weighted by Crippen LogP contribution is -2.29. The van der Waals surface area contributed by atoms with E-state index in [1.165, 1.54) is 0 Å². The van der Waals surface area contributed by atoms with E-state index in [0.717, 1.165) is 46.2 Å². The van der Waals surface area contributed by atoms with Crippen LogP contribution in [0.1, 0.15) is 36.8 Å². The third-order valence-corrected chi connectivity index (χ3v) is 7.04. The first-order valence-electron chi connectivity index (χ1n) is 13.6. The largest absolute Gasteiger partial charge is 0.444 e. The van der Waals surface area contributed by atoms with Gasteiger partial charge in [-0.1, -0.05) is 48.5 Å². The number of alkyl carbamates (subject to hydrolysis) is 1. The molecule has 0 unspecified atom stereocenters. The van der Waals surface area contributed by atoms with Gasteiger partial charge in [0.15, 0.2) is 5.58 Å². The Kier molecular flexibility index (Phi) is 7.32. The lowest BCUT2D eigenvalue weighted by Gasteiger charge is -2.20. The van der Waals surface area contributed by atoms with Gasteiger partial charge in [0.05, 0.1) is 5.56 Å². The summed E-state index contributed by atoms with van der Waals surface area (Å²) in [6.45, 7) is 2.17. The zero-order chi connectivity index (χ0) is 28.2. The van der Waals surface area contributed by atoms with Crippen LogP contribution in [-0.2, 0) is 16.1 Å². The third-order valence-electron chi connectivity index (χ3n) is 7.04. The molecule has 2 heterocycles. The second-order valence-corrected chi connectivity index (χ2v) is 10.0. The van der Waals surface area contributed by atoms with Crippen LogP contribution in [0.25, 0.3) is 33.8 Å². The fourth-order valence-corrected chi connectivity index (χ4v) is 4.91. The van der Waals surface area contributed by atoms with E-state index in [0.29, 0.717) is 41.4 Å². The van der Waals surface area contributed by atoms with E-state index in [2.05, 4.69) is 25.8 Å². The average Bonchev–Trinajstić information content (AvgIpc) is 3.64. The molecule has 0 aliphatic heterocycles. The van der Waals surface area contributed by atoms with Crippen molar-refractivity contribution >= 4 is 28.8 Å². The van der Waals surface area contributed by atoms with Crippen LogP contribution >= 0.6 is 0 Å². The maximum atomic E-state index is 13.2. The molecule has 9 nitrogen and oxygen atoms in total. The van der Waals surface area contributed by atoms with E-state index in [4.69, 9.17) is 9.15 Å². The average molecular weight is 548 g/mol. The van der Waals surface area contributed by atoms with Gasteiger partial charge in [-0.15, -0.1) is 0 Å². The number of hydrogen-bond acceptors (Lipinski definition) is 6. The van der Waals surface area contributed by atoms with Crippen LogP contribution in [0.3, 0.4) is 0 Å². The number of anilines is 1. The molecule has 0 saturated heterocycles. The van der Waals surface area contributed by atoms with Crippen LogP contribution < -0.4 is 10.6 Å². The van der Waals surface area contributed by atoms with Crippen molar-refractivity contribution in [3.8, 4) is 22.7 Å². The molecule has 0 fully saturated rings. The number of fused-ring (bicyclic) bond motifs is 1. The fraction of sp³-hybridized carbons (Fsp3) is 0.188. The summed E-state index contributed by atoms with van der Waals surface area (Å²) >= 11 is 0. The third kappa shape index (κ3) is 5.89. The summed E-state index contributed by atoms with van der Waals surface area (Å²) in [5.41, 5.74) is 7.60. The monoisotopic (exact) mass is 547 g/mol. The minimum atomic E-state index is -0.565. The predicted molar refractivity (Wildman–Crippen MR) is 156 cm³/mol. The summed E-state index contributed by atoms with van der Waals surface area (Å²) in [6, 6.07) is 22.8. The highest BCUT2D eigenvalue weighted by Gasteiger charge is 2.22. The number of H-pyrrole nitrogens is 1. The number of amides is 2. The first-order chi connectivity index (χ1) is 20.0. The number of allylic oxidation sites excluding steroid dienone is 1. The normalized spacial score (nSPS) is 13.3. The first-order valence-corrected chi connectivity index (χ1v) is 13.6. The molecule has 3 aromatic carbocycles. The molecule has 206 valence electrons. The highest BCUT2D eigenvalue weighted by molar-refractivity contribution is 6.04. The Morgan fingerprint density at radius 3 is 2.61 bits per heavy atom. The smallest absolute Gasteiger partial charge is 0.411 e. The van der Waals surface area contributed by atoms with E-state index in [-0.39, 0.29) is 12.5 Å². The van der Waals surface area contributed by atoms with E-state index >= 15 is 0 Å². The molecular formula is C32H29N5O4. The van der Waals surface area contributed by atoms with Gasteiger partial charge in [0, 0.05) is 28.7 Å². The molecule has 0 atom stereocenters. The molecule has 2 aromatic heterocycles. The molecule has 41 heavy (non-hydrogen) atoms. The minimum absolute atomic E-state index is 0.164. The minimum Gasteiger partial charge on any atom is -0.444 e. The van der Waals surface area contributed by atoms with Gasteiger partial charge in [-0.05, 0) is 68.0 Å². The lowest BCUT2D eigenvalue weighted by atomic mass is 9.95. The van der Waals surface area contributed by atoms with Crippen LogP contribution in [0.2, 0.25) is 0 Å². The second-order valence-electron chi connectivity index (χ2n) is 10.0. The summed E-state index contributed by atoms with van der Waals surface area (Å²) in [5, 5.41) is 13.1. The second kappa shape index (κ2) is 11.5. The van der Waals surface area contributed by atoms with E-state index in [9.17, 15) is 9.59 Å². The number of aromatic nitrogens is 3. The van der Waals surface area contributed by atoms with Crippen molar-refractivity contribution in [1.29, 1.82) is 0 Å². The molecule has 3 N–H and O–H groups in total. The van der Waals surface area contributed by atoms with Crippen molar-refractivity contribution in [3.05, 3.63) is 101 Å². The zero-order valence-electron chi connectivity index (χ0n) is 22.6. The number of aryl methyl sites for hydroxylation is 1. The fourth-order valence-electron chi connectivity index (χ4n) is 4.91. The molecular weight excluding hydrogens is 518 g/mol. The van der Waals surface area contributed by atoms with Gasteiger partial charge in [-0.3, -0.25) is 15.2 Å². The first kappa shape index (κ1) is 26.1. The van der Waals surface area contributed by atoms with E-state index in [1.807, 2.05) is 79.7 Å². The van der Waals surface area contributed by atoms with Gasteiger partial charge in [0.25, 0.3) is 5.91 Å². The van der Waals surface area contributed by atoms with Gasteiger partial charge < -0.3 is 14.5 Å². The van der Waals surface area contributed by atoms with Gasteiger partial charge in [-0.2, -0.15) is 5.10 Å². The topological polar surface area (TPSA) is 122 Å². The standard InChI is InChI=1S/C32H29N5O4/c1-20-11-16-27-28(17-20)41-31(35-27)25-18-33-37-29(25)22-12-14-23(15-13-22)34-30(38)24-9-5-6-10-26(24)36-32(39)40-19-21-7-3-2-4-8-21/h2-4,7-8,11-18H,5-6,9-10,19H2,1H3,(H,33,37)(H,34,38)(H,36,39). The summed E-state index contributed by atoms with van der Waals surface area (Å²) in [5.74, 6) is 0.247. The van der Waals surface area contributed by atoms with Crippen molar-refractivity contribution in [2.24, 2.45) is 0 Å². The van der Waals surface area contributed by atoms with Crippen molar-refractivity contribution in [2.45, 2.75) is 39.2 Å². The molecule has 9 heteroatoms. The highest BCUT2D eigenvalue weighted by Crippen LogP contribution is 2.33. The molecule has 1 aliphatic rings. The number of benzene rings is 3. The summed E-state index contributed by atoms with van der Waals surface area (Å²) in [7, 11) is 0. The SMILES string of the molecule is Cc1ccc2nc(-c3c[nH]nc3-c3ccc(NC(=O)C4=C(NC(=O)OCc5ccccc5)CCCC4)cc3)oc2c1. The molecule has 0 radical (unpaired) electrons. The number of ether oxygens (including phenoxy) is 1. The van der Waals surface area contributed by atoms with Crippen molar-refractivity contribution in [1.82, 2.24) is 20.5 Å². The van der Waals surface area contributed by atoms with E-state index in [1.54, 1.807) is 6.20 Å². The van der Waals surface area contributed by atoms with Crippen LogP contribution in [-0.4, -0.2) is 27.2 Å². The van der Waals surface area contributed by atoms with Crippen LogP contribution in [0.4, 0.5) is 10.5 Å². The van der Waals surface area contributed by atoms with Crippen molar-refractivity contribution < 1.29 is 18.7 Å². The molecule has 5 aromatic rings. The Labute approximate surface area is 236 Å². The zero-order valence-corrected chi connectivity index (χ0v) is 22.6. The molecule has 0 spiro atoms. The van der Waals surface area contributed by atoms with Crippen LogP contribution in [0.15, 0.2) is 94.7 Å². The number of rotatable bonds is 7. The predicted octanol–water partition coefficient (Wildman–Crippen LogP) is 6.89. The molecule has 1 aliphatic carbocycles. The van der Waals surface area contributed by atoms with E-state index < -0.39 is 6.09 Å². The number of nitrogens with one attached hydrogen (secondary N) is 3. The van der Waals surface area contributed by atoms with Gasteiger partial charge in [-0.25, -0.2) is 9.78 Å². The Morgan fingerprint density at radius 2 is 1.78 bits per heavy atom. The van der Waals surface area contributed by atoms with Gasteiger partial charge >= 0.3 is 6.09 Å². The number of oxazole rings is 1. The maximum absolute atomic E-state index is 13.2. The Morgan fingerprint density at radius 1 is 0.976 bits per heavy atom. The number of carbonyl (C=O) groups excluding carboxylic acids is 2. The summed E-state index contributed by atoms with van der Waals surface area (Å²) in [6.07, 6.45) is 4.16. The molecule has 0 saturated carbocycles. The number of aromatic amines is 1. The van der Waals surface area contributed by atoms with Gasteiger partial charge in [0.1, 0.15) is 17.8 Å². The highest BCUT2D eigenvalue weighted by atomic mass is 16.5. The van der Waals surface area contributed by atoms with Gasteiger partial charge in [0.2, 0.25) is 5.89 Å². The number of nitrogens with zero attached hydrogens (tertiary/aromatic N) is 2. The molecule has 2 amide bonds. The molecule has 0 bridgehead atoms. The summed E-state index contributed by atoms with van der Waals surface area (Å²) < 4.78 is 11.4. The Balaban J connectivity index is 1.14. The van der Waals surface area contributed by atoms with Crippen LogP contribution in [0, 0.1) is 6.92 Å². The Bertz CT molecular complexity index is 1740. The molecule has 6 rings (SSSR count).